The lowest BCUT2D eigenvalue weighted by Gasteiger charge is -2.24. The summed E-state index contributed by atoms with van der Waals surface area (Å²) in [6, 6.07) is 12.0. The third kappa shape index (κ3) is 6.77. The third-order valence-corrected chi connectivity index (χ3v) is 3.68. The zero-order valence-corrected chi connectivity index (χ0v) is 13.2. The Balaban J connectivity index is 2.45. The van der Waals surface area contributed by atoms with Crippen molar-refractivity contribution < 1.29 is 0 Å². The number of nitrogens with one attached hydrogen (secondary N) is 1. The molecule has 1 N–H and O–H groups in total. The molecule has 2 unspecified atom stereocenters. The lowest BCUT2D eigenvalue weighted by molar-refractivity contribution is 0.395. The van der Waals surface area contributed by atoms with Gasteiger partial charge in [0.1, 0.15) is 0 Å². The second-order valence-corrected chi connectivity index (χ2v) is 6.14. The molecule has 0 fully saturated rings. The van der Waals surface area contributed by atoms with Crippen LogP contribution in [0, 0.1) is 5.92 Å². The van der Waals surface area contributed by atoms with Crippen LogP contribution in [0.3, 0.4) is 0 Å². The zero-order valence-electron chi connectivity index (χ0n) is 13.2. The fourth-order valence-electron chi connectivity index (χ4n) is 2.58. The van der Waals surface area contributed by atoms with Gasteiger partial charge in [-0.2, -0.15) is 0 Å². The Kier molecular flexibility index (Phi) is 7.81. The van der Waals surface area contributed by atoms with Gasteiger partial charge in [-0.15, -0.1) is 0 Å². The van der Waals surface area contributed by atoms with Crippen LogP contribution in [0.25, 0.3) is 0 Å². The van der Waals surface area contributed by atoms with Crippen LogP contribution in [0.1, 0.15) is 71.4 Å². The van der Waals surface area contributed by atoms with Crippen LogP contribution >= 0.6 is 0 Å². The molecule has 108 valence electrons. The average Bonchev–Trinajstić information content (AvgIpc) is 2.39. The van der Waals surface area contributed by atoms with E-state index < -0.39 is 0 Å². The van der Waals surface area contributed by atoms with E-state index in [2.05, 4.69) is 63.3 Å². The first-order chi connectivity index (χ1) is 9.13. The van der Waals surface area contributed by atoms with E-state index in [0.29, 0.717) is 12.1 Å². The quantitative estimate of drug-likeness (QED) is 0.633. The van der Waals surface area contributed by atoms with Crippen LogP contribution in [0.5, 0.6) is 0 Å². The molecule has 0 saturated carbocycles. The second kappa shape index (κ2) is 9.14. The highest BCUT2D eigenvalue weighted by atomic mass is 14.9. The molecule has 1 rings (SSSR count). The molecule has 1 heteroatoms. The highest BCUT2D eigenvalue weighted by Crippen LogP contribution is 2.20. The predicted octanol–water partition coefficient (Wildman–Crippen LogP) is 5.33. The summed E-state index contributed by atoms with van der Waals surface area (Å²) in [7, 11) is 0. The van der Waals surface area contributed by atoms with Gasteiger partial charge in [-0.1, -0.05) is 70.4 Å². The van der Waals surface area contributed by atoms with Crippen molar-refractivity contribution in [2.75, 3.05) is 0 Å². The van der Waals surface area contributed by atoms with Crippen LogP contribution in [0.15, 0.2) is 30.3 Å². The van der Waals surface area contributed by atoms with E-state index in [0.717, 1.165) is 5.92 Å². The second-order valence-electron chi connectivity index (χ2n) is 6.14. The van der Waals surface area contributed by atoms with Gasteiger partial charge in [0.05, 0.1) is 0 Å². The molecule has 0 saturated heterocycles. The fourth-order valence-corrected chi connectivity index (χ4v) is 2.58. The molecule has 19 heavy (non-hydrogen) atoms. The van der Waals surface area contributed by atoms with Gasteiger partial charge in [0.25, 0.3) is 0 Å². The minimum absolute atomic E-state index is 0.514. The van der Waals surface area contributed by atoms with Gasteiger partial charge in [0.2, 0.25) is 0 Å². The first-order valence-corrected chi connectivity index (χ1v) is 7.94. The van der Waals surface area contributed by atoms with Crippen molar-refractivity contribution in [1.82, 2.24) is 5.32 Å². The highest BCUT2D eigenvalue weighted by Gasteiger charge is 2.13. The minimum Gasteiger partial charge on any atom is -0.307 e. The van der Waals surface area contributed by atoms with Gasteiger partial charge < -0.3 is 5.32 Å². The van der Waals surface area contributed by atoms with E-state index in [1.54, 1.807) is 0 Å². The summed E-state index contributed by atoms with van der Waals surface area (Å²) in [6.07, 6.45) is 6.41. The maximum atomic E-state index is 3.81. The molecule has 1 aromatic rings. The van der Waals surface area contributed by atoms with Gasteiger partial charge in [-0.25, -0.2) is 0 Å². The molecule has 0 aliphatic carbocycles. The molecule has 0 heterocycles. The summed E-state index contributed by atoms with van der Waals surface area (Å²) in [5.41, 5.74) is 1.43. The number of hydrogen-bond donors (Lipinski definition) is 1. The molecule has 0 radical (unpaired) electrons. The largest absolute Gasteiger partial charge is 0.307 e. The molecule has 0 amide bonds. The molecule has 0 aliphatic heterocycles. The molecule has 1 aromatic carbocycles. The Labute approximate surface area is 119 Å². The van der Waals surface area contributed by atoms with Gasteiger partial charge in [0.15, 0.2) is 0 Å². The lowest BCUT2D eigenvalue weighted by Crippen LogP contribution is -2.30. The number of benzene rings is 1. The van der Waals surface area contributed by atoms with Gasteiger partial charge in [-0.05, 0) is 31.2 Å². The molecular formula is C18H31N. The van der Waals surface area contributed by atoms with Crippen molar-refractivity contribution in [1.29, 1.82) is 0 Å². The lowest BCUT2D eigenvalue weighted by atomic mass is 9.99. The van der Waals surface area contributed by atoms with Crippen LogP contribution < -0.4 is 5.32 Å². The van der Waals surface area contributed by atoms with Crippen molar-refractivity contribution in [3.05, 3.63) is 35.9 Å². The summed E-state index contributed by atoms with van der Waals surface area (Å²) in [5, 5.41) is 3.81. The Morgan fingerprint density at radius 3 is 2.21 bits per heavy atom. The standard InChI is InChI=1S/C18H31N/c1-5-10-18(17-13-7-6-8-14-17)19-16(4)12-9-11-15(2)3/h6-8,13-16,18-19H,5,9-12H2,1-4H3. The predicted molar refractivity (Wildman–Crippen MR) is 85.4 cm³/mol. The first kappa shape index (κ1) is 16.2. The van der Waals surface area contributed by atoms with Crippen molar-refractivity contribution in [3.8, 4) is 0 Å². The summed E-state index contributed by atoms with van der Waals surface area (Å²) < 4.78 is 0. The molecule has 1 nitrogen and oxygen atoms in total. The van der Waals surface area contributed by atoms with Crippen LogP contribution in [0.4, 0.5) is 0 Å². The SMILES string of the molecule is CCCC(NC(C)CCCC(C)C)c1ccccc1. The number of rotatable bonds is 9. The van der Waals surface area contributed by atoms with E-state index in [4.69, 9.17) is 0 Å². The maximum Gasteiger partial charge on any atom is 0.0322 e. The van der Waals surface area contributed by atoms with Gasteiger partial charge >= 0.3 is 0 Å². The van der Waals surface area contributed by atoms with Crippen molar-refractivity contribution in [2.45, 2.75) is 71.9 Å². The normalized spacial score (nSPS) is 14.6. The zero-order chi connectivity index (χ0) is 14.1. The molecule has 0 aromatic heterocycles. The third-order valence-electron chi connectivity index (χ3n) is 3.68. The Bertz CT molecular complexity index is 318. The summed E-state index contributed by atoms with van der Waals surface area (Å²) in [4.78, 5) is 0. The van der Waals surface area contributed by atoms with Gasteiger partial charge in [0, 0.05) is 12.1 Å². The first-order valence-electron chi connectivity index (χ1n) is 7.94. The summed E-state index contributed by atoms with van der Waals surface area (Å²) in [6.45, 7) is 9.21. The Morgan fingerprint density at radius 1 is 0.947 bits per heavy atom. The van der Waals surface area contributed by atoms with E-state index in [1.165, 1.54) is 37.7 Å². The minimum atomic E-state index is 0.514. The van der Waals surface area contributed by atoms with E-state index >= 15 is 0 Å². The molecule has 0 aliphatic rings. The Morgan fingerprint density at radius 2 is 1.63 bits per heavy atom. The highest BCUT2D eigenvalue weighted by molar-refractivity contribution is 5.18. The molecular weight excluding hydrogens is 230 g/mol. The van der Waals surface area contributed by atoms with Crippen molar-refractivity contribution in [2.24, 2.45) is 5.92 Å². The van der Waals surface area contributed by atoms with Crippen LogP contribution in [-0.4, -0.2) is 6.04 Å². The average molecular weight is 261 g/mol. The smallest absolute Gasteiger partial charge is 0.0322 e. The van der Waals surface area contributed by atoms with Crippen LogP contribution in [0.2, 0.25) is 0 Å². The molecule has 0 spiro atoms. The van der Waals surface area contributed by atoms with Gasteiger partial charge in [-0.3, -0.25) is 0 Å². The molecule has 2 atom stereocenters. The summed E-state index contributed by atoms with van der Waals surface area (Å²) >= 11 is 0. The fraction of sp³-hybridized carbons (Fsp3) is 0.667. The van der Waals surface area contributed by atoms with E-state index in [-0.39, 0.29) is 0 Å². The van der Waals surface area contributed by atoms with Crippen LogP contribution in [-0.2, 0) is 0 Å². The topological polar surface area (TPSA) is 12.0 Å². The maximum absolute atomic E-state index is 3.81. The molecule has 0 bridgehead atoms. The Hall–Kier alpha value is -0.820. The monoisotopic (exact) mass is 261 g/mol. The van der Waals surface area contributed by atoms with Crippen molar-refractivity contribution in [3.63, 3.8) is 0 Å². The number of hydrogen-bond acceptors (Lipinski definition) is 1. The summed E-state index contributed by atoms with van der Waals surface area (Å²) in [5.74, 6) is 0.827. The van der Waals surface area contributed by atoms with E-state index in [1.807, 2.05) is 0 Å². The van der Waals surface area contributed by atoms with E-state index in [9.17, 15) is 0 Å². The van der Waals surface area contributed by atoms with Crippen molar-refractivity contribution >= 4 is 0 Å².